The quantitative estimate of drug-likeness (QED) is 0.500. The third-order valence-corrected chi connectivity index (χ3v) is 2.08. The van der Waals surface area contributed by atoms with E-state index in [2.05, 4.69) is 13.8 Å². The second kappa shape index (κ2) is 3.13. The summed E-state index contributed by atoms with van der Waals surface area (Å²) in [6, 6.07) is 0. The molecule has 0 bridgehead atoms. The molecule has 0 unspecified atom stereocenters. The molecule has 1 N–H and O–H groups in total. The largest absolute Gasteiger partial charge is 0.285 e. The van der Waals surface area contributed by atoms with Crippen molar-refractivity contribution in [2.24, 2.45) is 0 Å². The summed E-state index contributed by atoms with van der Waals surface area (Å²) in [7, 11) is 0. The Morgan fingerprint density at radius 2 is 1.58 bits per heavy atom. The van der Waals surface area contributed by atoms with Gasteiger partial charge in [-0.15, -0.1) is 0 Å². The van der Waals surface area contributed by atoms with E-state index in [9.17, 15) is 5.21 Å². The third-order valence-electron chi connectivity index (χ3n) is 2.08. The Morgan fingerprint density at radius 3 is 1.92 bits per heavy atom. The highest BCUT2D eigenvalue weighted by molar-refractivity contribution is 5.30. The Hall–Kier alpha value is -1.05. The number of hydrogen-bond acceptors (Lipinski definition) is 1. The fraction of sp³-hybridized carbons (Fsp3) is 0.500. The van der Waals surface area contributed by atoms with Crippen LogP contribution in [0.3, 0.4) is 0 Å². The van der Waals surface area contributed by atoms with Crippen LogP contribution in [-0.4, -0.2) is 5.21 Å². The van der Waals surface area contributed by atoms with Crippen LogP contribution in [0.5, 0.6) is 0 Å². The van der Waals surface area contributed by atoms with Gasteiger partial charge in [-0.1, -0.05) is 13.8 Å². The molecule has 1 aromatic rings. The van der Waals surface area contributed by atoms with E-state index in [1.165, 1.54) is 5.56 Å². The molecule has 12 heavy (non-hydrogen) atoms. The zero-order valence-electron chi connectivity index (χ0n) is 8.13. The zero-order valence-corrected chi connectivity index (χ0v) is 8.13. The Kier molecular flexibility index (Phi) is 2.36. The summed E-state index contributed by atoms with van der Waals surface area (Å²) >= 11 is 0. The van der Waals surface area contributed by atoms with Crippen LogP contribution in [0.2, 0.25) is 0 Å². The van der Waals surface area contributed by atoms with Gasteiger partial charge in [-0.2, -0.15) is 0 Å². The molecule has 66 valence electrons. The molecule has 0 atom stereocenters. The lowest BCUT2D eigenvalue weighted by Gasteiger charge is -2.09. The van der Waals surface area contributed by atoms with Crippen molar-refractivity contribution in [1.82, 2.24) is 0 Å². The van der Waals surface area contributed by atoms with Crippen LogP contribution in [0.25, 0.3) is 0 Å². The first-order valence-corrected chi connectivity index (χ1v) is 4.24. The van der Waals surface area contributed by atoms with Gasteiger partial charge in [-0.25, -0.2) is 0 Å². The van der Waals surface area contributed by atoms with Crippen molar-refractivity contribution in [3.63, 3.8) is 0 Å². The molecule has 0 saturated heterocycles. The van der Waals surface area contributed by atoms with Gasteiger partial charge in [0.2, 0.25) is 12.4 Å². The van der Waals surface area contributed by atoms with Gasteiger partial charge in [0.05, 0.1) is 0 Å². The van der Waals surface area contributed by atoms with Crippen LogP contribution >= 0.6 is 0 Å². The molecule has 0 amide bonds. The third kappa shape index (κ3) is 1.58. The van der Waals surface area contributed by atoms with E-state index in [0.29, 0.717) is 5.92 Å². The van der Waals surface area contributed by atoms with Crippen molar-refractivity contribution in [2.75, 3.05) is 0 Å². The van der Waals surface area contributed by atoms with Gasteiger partial charge in [-0.05, 0) is 25.3 Å². The first-order chi connectivity index (χ1) is 5.52. The van der Waals surface area contributed by atoms with E-state index in [0.717, 1.165) is 15.9 Å². The Balaban J connectivity index is 3.28. The SMILES string of the molecule is Cc1c[n+](O)cc(C)c1C(C)C. The van der Waals surface area contributed by atoms with Crippen LogP contribution in [0.1, 0.15) is 36.5 Å². The second-order valence-corrected chi connectivity index (χ2v) is 3.57. The summed E-state index contributed by atoms with van der Waals surface area (Å²) in [4.78, 5) is 0. The molecule has 0 fully saturated rings. The van der Waals surface area contributed by atoms with E-state index in [4.69, 9.17) is 0 Å². The van der Waals surface area contributed by atoms with Gasteiger partial charge < -0.3 is 0 Å². The van der Waals surface area contributed by atoms with Gasteiger partial charge >= 0.3 is 0 Å². The molecule has 0 saturated carbocycles. The van der Waals surface area contributed by atoms with Gasteiger partial charge in [0, 0.05) is 15.9 Å². The van der Waals surface area contributed by atoms with Crippen molar-refractivity contribution in [3.8, 4) is 0 Å². The first kappa shape index (κ1) is 9.04. The average molecular weight is 166 g/mol. The molecule has 0 aliphatic heterocycles. The van der Waals surface area contributed by atoms with Crippen LogP contribution in [0.4, 0.5) is 0 Å². The van der Waals surface area contributed by atoms with Crippen molar-refractivity contribution in [3.05, 3.63) is 29.1 Å². The minimum Gasteiger partial charge on any atom is -0.285 e. The van der Waals surface area contributed by atoms with Crippen LogP contribution < -0.4 is 4.73 Å². The maximum absolute atomic E-state index is 9.22. The van der Waals surface area contributed by atoms with E-state index >= 15 is 0 Å². The molecule has 0 spiro atoms. The number of nitrogens with zero attached hydrogens (tertiary/aromatic N) is 1. The van der Waals surface area contributed by atoms with E-state index in [1.54, 1.807) is 12.4 Å². The molecule has 0 aliphatic rings. The summed E-state index contributed by atoms with van der Waals surface area (Å²) in [5.41, 5.74) is 3.63. The minimum absolute atomic E-state index is 0.520. The second-order valence-electron chi connectivity index (χ2n) is 3.57. The van der Waals surface area contributed by atoms with E-state index < -0.39 is 0 Å². The van der Waals surface area contributed by atoms with Gasteiger partial charge in [-0.3, -0.25) is 5.21 Å². The number of aryl methyl sites for hydroxylation is 2. The molecular formula is C10H16NO+. The highest BCUT2D eigenvalue weighted by Gasteiger charge is 2.12. The topological polar surface area (TPSA) is 24.1 Å². The fourth-order valence-electron chi connectivity index (χ4n) is 1.79. The van der Waals surface area contributed by atoms with Gasteiger partial charge in [0.25, 0.3) is 0 Å². The molecular weight excluding hydrogens is 150 g/mol. The molecule has 1 aromatic heterocycles. The highest BCUT2D eigenvalue weighted by Crippen LogP contribution is 2.20. The first-order valence-electron chi connectivity index (χ1n) is 4.24. The zero-order chi connectivity index (χ0) is 9.30. The van der Waals surface area contributed by atoms with Gasteiger partial charge in [0.15, 0.2) is 0 Å². The molecule has 0 radical (unpaired) electrons. The van der Waals surface area contributed by atoms with Crippen LogP contribution in [0.15, 0.2) is 12.4 Å². The summed E-state index contributed by atoms with van der Waals surface area (Å²) in [5, 5.41) is 9.22. The molecule has 2 heteroatoms. The molecule has 1 heterocycles. The number of pyridine rings is 1. The monoisotopic (exact) mass is 166 g/mol. The maximum atomic E-state index is 9.22. The Labute approximate surface area is 73.4 Å². The Morgan fingerprint density at radius 1 is 1.17 bits per heavy atom. The number of aromatic nitrogens is 1. The predicted octanol–water partition coefficient (Wildman–Crippen LogP) is 1.95. The summed E-state index contributed by atoms with van der Waals surface area (Å²) in [6.45, 7) is 8.37. The molecule has 0 aromatic carbocycles. The Bertz CT molecular complexity index is 269. The number of rotatable bonds is 1. The highest BCUT2D eigenvalue weighted by atomic mass is 16.5. The van der Waals surface area contributed by atoms with E-state index in [-0.39, 0.29) is 0 Å². The maximum Gasteiger partial charge on any atom is 0.225 e. The van der Waals surface area contributed by atoms with Crippen molar-refractivity contribution in [2.45, 2.75) is 33.6 Å². The summed E-state index contributed by atoms with van der Waals surface area (Å²) in [6.07, 6.45) is 3.48. The van der Waals surface area contributed by atoms with Crippen molar-refractivity contribution in [1.29, 1.82) is 0 Å². The molecule has 0 aliphatic carbocycles. The van der Waals surface area contributed by atoms with E-state index in [1.807, 2.05) is 13.8 Å². The summed E-state index contributed by atoms with van der Waals surface area (Å²) < 4.78 is 1.12. The predicted molar refractivity (Wildman–Crippen MR) is 47.4 cm³/mol. The molecule has 1 rings (SSSR count). The lowest BCUT2D eigenvalue weighted by molar-refractivity contribution is -0.905. The average Bonchev–Trinajstić information content (AvgIpc) is 1.82. The lowest BCUT2D eigenvalue weighted by atomic mass is 9.96. The van der Waals surface area contributed by atoms with Crippen LogP contribution in [-0.2, 0) is 0 Å². The van der Waals surface area contributed by atoms with Crippen molar-refractivity contribution >= 4 is 0 Å². The number of hydrogen-bond donors (Lipinski definition) is 1. The fourth-order valence-corrected chi connectivity index (χ4v) is 1.79. The van der Waals surface area contributed by atoms with Crippen LogP contribution in [0, 0.1) is 13.8 Å². The standard InChI is InChI=1S/C10H16NO/c1-7(2)10-8(3)5-11(12)6-9(10)4/h5-7,12H,1-4H3/q+1. The van der Waals surface area contributed by atoms with Gasteiger partial charge in [0.1, 0.15) is 0 Å². The molecule has 2 nitrogen and oxygen atoms in total. The minimum atomic E-state index is 0.520. The lowest BCUT2D eigenvalue weighted by Crippen LogP contribution is -2.30. The summed E-state index contributed by atoms with van der Waals surface area (Å²) in [5.74, 6) is 0.520. The smallest absolute Gasteiger partial charge is 0.225 e. The normalized spacial score (nSPS) is 10.8. The van der Waals surface area contributed by atoms with Crippen molar-refractivity contribution < 1.29 is 9.94 Å².